The van der Waals surface area contributed by atoms with Crippen molar-refractivity contribution in [3.05, 3.63) is 23.8 Å². The van der Waals surface area contributed by atoms with E-state index in [4.69, 9.17) is 0 Å². The van der Waals surface area contributed by atoms with E-state index in [9.17, 15) is 19.8 Å². The molecule has 0 amide bonds. The van der Waals surface area contributed by atoms with Crippen LogP contribution in [0.3, 0.4) is 0 Å². The van der Waals surface area contributed by atoms with Crippen LogP contribution in [0.4, 0.5) is 0 Å². The number of carboxylic acids is 1. The Morgan fingerprint density at radius 1 is 1.22 bits per heavy atom. The van der Waals surface area contributed by atoms with Crippen molar-refractivity contribution < 1.29 is 71.2 Å². The fourth-order valence-electron chi connectivity index (χ4n) is 6.83. The van der Waals surface area contributed by atoms with Crippen molar-refractivity contribution in [1.29, 1.82) is 0 Å². The number of carbonyl (C=O) groups excluding carboxylic acids is 2. The molecule has 0 spiro atoms. The van der Waals surface area contributed by atoms with Gasteiger partial charge in [-0.3, -0.25) is 4.79 Å². The van der Waals surface area contributed by atoms with Crippen LogP contribution in [0, 0.1) is 28.6 Å². The van der Waals surface area contributed by atoms with Crippen molar-refractivity contribution in [2.45, 2.75) is 70.8 Å². The largest absolute Gasteiger partial charge is 1.00 e. The van der Waals surface area contributed by atoms with Gasteiger partial charge in [0.05, 0.1) is 5.60 Å². The zero-order valence-electron chi connectivity index (χ0n) is 16.8. The third-order valence-corrected chi connectivity index (χ3v) is 8.58. The molecule has 2 fully saturated rings. The van der Waals surface area contributed by atoms with Gasteiger partial charge in [0.1, 0.15) is 0 Å². The van der Waals surface area contributed by atoms with Crippen molar-refractivity contribution in [2.24, 2.45) is 28.6 Å². The first kappa shape index (κ1) is 21.9. The predicted octanol–water partition coefficient (Wildman–Crippen LogP) is -0.440. The number of ketones is 1. The summed E-state index contributed by atoms with van der Waals surface area (Å²) in [5.74, 6) is 0.444. The van der Waals surface area contributed by atoms with E-state index < -0.39 is 11.6 Å². The minimum Gasteiger partial charge on any atom is -0.550 e. The Morgan fingerprint density at radius 2 is 1.93 bits per heavy atom. The summed E-state index contributed by atoms with van der Waals surface area (Å²) in [5.41, 5.74) is 0.0933. The van der Waals surface area contributed by atoms with E-state index in [-0.39, 0.29) is 74.4 Å². The molecular weight excluding hydrogens is 367 g/mol. The maximum Gasteiger partial charge on any atom is 1.00 e. The topological polar surface area (TPSA) is 77.4 Å². The van der Waals surface area contributed by atoms with Crippen LogP contribution in [-0.4, -0.2) is 22.5 Å². The molecule has 142 valence electrons. The Morgan fingerprint density at radius 3 is 2.63 bits per heavy atom. The van der Waals surface area contributed by atoms with E-state index in [1.807, 2.05) is 6.08 Å². The zero-order chi connectivity index (χ0) is 18.7. The van der Waals surface area contributed by atoms with Crippen LogP contribution in [0.2, 0.25) is 0 Å². The van der Waals surface area contributed by atoms with E-state index in [2.05, 4.69) is 26.0 Å². The number of aliphatic hydroxyl groups is 1. The van der Waals surface area contributed by atoms with Crippen LogP contribution in [0.15, 0.2) is 23.8 Å². The molecule has 2 saturated carbocycles. The molecule has 4 nitrogen and oxygen atoms in total. The first-order valence-electron chi connectivity index (χ1n) is 10.1. The SMILES string of the molecule is C[C@]12CCC3C(C=CC4=CC(=O)CC[C@]43C)C1CC[C@]2(O)CCC(=O)[O-].[K+]. The quantitative estimate of drug-likeness (QED) is 0.656. The fourth-order valence-corrected chi connectivity index (χ4v) is 6.83. The van der Waals surface area contributed by atoms with Crippen molar-refractivity contribution in [3.63, 3.8) is 0 Å². The number of carbonyl (C=O) groups is 2. The molecule has 0 bridgehead atoms. The molecule has 0 radical (unpaired) electrons. The number of rotatable bonds is 3. The molecule has 1 N–H and O–H groups in total. The number of aliphatic carboxylic acids is 1. The summed E-state index contributed by atoms with van der Waals surface area (Å²) < 4.78 is 0. The summed E-state index contributed by atoms with van der Waals surface area (Å²) >= 11 is 0. The second-order valence-corrected chi connectivity index (χ2v) is 9.53. The summed E-state index contributed by atoms with van der Waals surface area (Å²) in [4.78, 5) is 22.8. The van der Waals surface area contributed by atoms with Gasteiger partial charge in [0.2, 0.25) is 0 Å². The summed E-state index contributed by atoms with van der Waals surface area (Å²) in [5, 5.41) is 22.3. The van der Waals surface area contributed by atoms with Gasteiger partial charge in [0.25, 0.3) is 0 Å². The van der Waals surface area contributed by atoms with Crippen molar-refractivity contribution in [3.8, 4) is 0 Å². The van der Waals surface area contributed by atoms with E-state index >= 15 is 0 Å². The molecule has 27 heavy (non-hydrogen) atoms. The minimum atomic E-state index is -1.08. The third-order valence-electron chi connectivity index (χ3n) is 8.58. The number of hydrogen-bond acceptors (Lipinski definition) is 4. The molecule has 0 aliphatic heterocycles. The van der Waals surface area contributed by atoms with Gasteiger partial charge in [-0.15, -0.1) is 0 Å². The standard InChI is InChI=1S/C22H30O4.K/c1-20-9-5-15(23)13-14(20)3-4-16-17(20)6-10-21(2)18(16)7-11-22(21,26)12-8-19(24)25;/h3-4,13,16-18,26H,5-12H2,1-2H3,(H,24,25);/q;+1/p-1/t16?,17?,18?,20-,21+,22+;/m1./s1. The van der Waals surface area contributed by atoms with Gasteiger partial charge in [-0.1, -0.05) is 26.0 Å². The number of hydrogen-bond donors (Lipinski definition) is 1. The molecule has 0 heterocycles. The van der Waals surface area contributed by atoms with Crippen LogP contribution >= 0.6 is 0 Å². The molecule has 0 aromatic heterocycles. The van der Waals surface area contributed by atoms with E-state index in [1.54, 1.807) is 0 Å². The number of allylic oxidation sites excluding steroid dienone is 4. The molecule has 3 unspecified atom stereocenters. The van der Waals surface area contributed by atoms with Crippen LogP contribution in [-0.2, 0) is 9.59 Å². The molecule has 0 aromatic rings. The summed E-state index contributed by atoms with van der Waals surface area (Å²) in [7, 11) is 0. The number of fused-ring (bicyclic) bond motifs is 5. The van der Waals surface area contributed by atoms with Gasteiger partial charge in [-0.25, -0.2) is 0 Å². The van der Waals surface area contributed by atoms with Gasteiger partial charge >= 0.3 is 51.4 Å². The summed E-state index contributed by atoms with van der Waals surface area (Å²) in [6, 6.07) is 0. The van der Waals surface area contributed by atoms with Gasteiger partial charge in [0, 0.05) is 12.4 Å². The molecule has 5 heteroatoms. The van der Waals surface area contributed by atoms with E-state index in [1.165, 1.54) is 5.57 Å². The van der Waals surface area contributed by atoms with Crippen molar-refractivity contribution in [1.82, 2.24) is 0 Å². The van der Waals surface area contributed by atoms with Crippen LogP contribution < -0.4 is 56.5 Å². The van der Waals surface area contributed by atoms with Crippen LogP contribution in [0.5, 0.6) is 0 Å². The maximum absolute atomic E-state index is 11.9. The Kier molecular flexibility index (Phi) is 6.07. The second kappa shape index (κ2) is 7.48. The summed E-state index contributed by atoms with van der Waals surface area (Å²) in [6.07, 6.45) is 11.6. The normalized spacial score (nSPS) is 45.2. The van der Waals surface area contributed by atoms with Crippen molar-refractivity contribution in [2.75, 3.05) is 0 Å². The maximum atomic E-state index is 11.9. The third kappa shape index (κ3) is 3.30. The van der Waals surface area contributed by atoms with E-state index in [0.717, 1.165) is 25.7 Å². The van der Waals surface area contributed by atoms with Gasteiger partial charge in [-0.2, -0.15) is 0 Å². The van der Waals surface area contributed by atoms with Gasteiger partial charge in [-0.05, 0) is 85.2 Å². The summed E-state index contributed by atoms with van der Waals surface area (Å²) in [6.45, 7) is 4.48. The second-order valence-electron chi connectivity index (χ2n) is 9.53. The molecule has 0 aromatic carbocycles. The monoisotopic (exact) mass is 396 g/mol. The first-order chi connectivity index (χ1) is 12.2. The molecule has 6 atom stereocenters. The average Bonchev–Trinajstić information content (AvgIpc) is 2.86. The molecule has 4 aliphatic carbocycles. The fraction of sp³-hybridized carbons (Fsp3) is 0.727. The zero-order valence-corrected chi connectivity index (χ0v) is 19.9. The molecule has 4 aliphatic rings. The van der Waals surface area contributed by atoms with E-state index in [0.29, 0.717) is 37.0 Å². The van der Waals surface area contributed by atoms with Crippen LogP contribution in [0.25, 0.3) is 0 Å². The minimum absolute atomic E-state index is 0. The van der Waals surface area contributed by atoms with Gasteiger partial charge in [0.15, 0.2) is 5.78 Å². The van der Waals surface area contributed by atoms with Crippen LogP contribution in [0.1, 0.15) is 65.2 Å². The predicted molar refractivity (Wildman–Crippen MR) is 95.8 cm³/mol. The number of carboxylic acid groups (broad SMARTS) is 1. The Balaban J connectivity index is 0.00000210. The van der Waals surface area contributed by atoms with Gasteiger partial charge < -0.3 is 15.0 Å². The average molecular weight is 397 g/mol. The first-order valence-corrected chi connectivity index (χ1v) is 10.1. The Bertz CT molecular complexity index is 713. The molecule has 0 saturated heterocycles. The molecular formula is C22H29KO4. The smallest absolute Gasteiger partial charge is 0.550 e. The van der Waals surface area contributed by atoms with Crippen molar-refractivity contribution >= 4 is 11.8 Å². The Hall–Kier alpha value is 0.216. The molecule has 4 rings (SSSR count). The Labute approximate surface area is 204 Å².